The zero-order valence-corrected chi connectivity index (χ0v) is 12.7. The van der Waals surface area contributed by atoms with Gasteiger partial charge in [0.25, 0.3) is 0 Å². The lowest BCUT2D eigenvalue weighted by Gasteiger charge is -2.23. The fourth-order valence-electron chi connectivity index (χ4n) is 2.59. The Kier molecular flexibility index (Phi) is 5.54. The first-order valence-corrected chi connectivity index (χ1v) is 7.58. The third kappa shape index (κ3) is 4.32. The summed E-state index contributed by atoms with van der Waals surface area (Å²) in [5.41, 5.74) is 0. The Labute approximate surface area is 130 Å². The first-order valence-electron chi connectivity index (χ1n) is 7.58. The Bertz CT molecular complexity index is 604. The molecule has 22 heavy (non-hydrogen) atoms. The minimum absolute atomic E-state index is 0.0848. The normalized spacial score (nSPS) is 17.1. The lowest BCUT2D eigenvalue weighted by atomic mass is 9.94. The van der Waals surface area contributed by atoms with E-state index in [-0.39, 0.29) is 6.04 Å². The number of amides is 1. The summed E-state index contributed by atoms with van der Waals surface area (Å²) in [5, 5.41) is 11.9. The molecule has 1 N–H and O–H groups in total. The van der Waals surface area contributed by atoms with Crippen molar-refractivity contribution in [3.63, 3.8) is 0 Å². The topological polar surface area (TPSA) is 83.1 Å². The highest BCUT2D eigenvalue weighted by atomic mass is 16.3. The summed E-state index contributed by atoms with van der Waals surface area (Å²) in [6, 6.07) is 5.38. The number of carbonyl (C=O) groups excluding carboxylic acids is 2. The van der Waals surface area contributed by atoms with E-state index in [0.717, 1.165) is 31.4 Å². The van der Waals surface area contributed by atoms with Crippen LogP contribution in [-0.2, 0) is 9.59 Å². The van der Waals surface area contributed by atoms with Gasteiger partial charge in [-0.1, -0.05) is 19.3 Å². The molecule has 1 aliphatic rings. The first-order chi connectivity index (χ1) is 10.6. The van der Waals surface area contributed by atoms with Gasteiger partial charge in [-0.25, -0.2) is 0 Å². The third-order valence-corrected chi connectivity index (χ3v) is 3.80. The summed E-state index contributed by atoms with van der Waals surface area (Å²) in [7, 11) is 0. The smallest absolute Gasteiger partial charge is 0.245 e. The summed E-state index contributed by atoms with van der Waals surface area (Å²) < 4.78 is 5.31. The molecule has 2 rings (SSSR count). The van der Waals surface area contributed by atoms with Crippen LogP contribution in [-0.4, -0.2) is 17.7 Å². The monoisotopic (exact) mass is 300 g/mol. The Hall–Kier alpha value is -2.35. The molecular formula is C17H20N2O3. The molecule has 1 aromatic heterocycles. The molecule has 1 aromatic rings. The molecule has 1 amide bonds. The molecule has 1 unspecified atom stereocenters. The number of allylic oxidation sites excluding steroid dienone is 1. The van der Waals surface area contributed by atoms with Crippen molar-refractivity contribution >= 4 is 17.8 Å². The van der Waals surface area contributed by atoms with E-state index in [1.807, 2.05) is 0 Å². The Morgan fingerprint density at radius 3 is 2.68 bits per heavy atom. The number of hydrogen-bond donors (Lipinski definition) is 1. The van der Waals surface area contributed by atoms with E-state index >= 15 is 0 Å². The summed E-state index contributed by atoms with van der Waals surface area (Å²) in [5.74, 6) is -1.06. The SMILES string of the molecule is Cc1ccc(/C=C/C(=O)C(C#N)C(=O)NC2CCCCC2)o1. The molecule has 1 saturated carbocycles. The number of aryl methyl sites for hydroxylation is 1. The number of nitriles is 1. The molecule has 0 aliphatic heterocycles. The van der Waals surface area contributed by atoms with Gasteiger partial charge in [0.2, 0.25) is 5.91 Å². The van der Waals surface area contributed by atoms with E-state index in [0.29, 0.717) is 5.76 Å². The van der Waals surface area contributed by atoms with Crippen molar-refractivity contribution in [2.45, 2.75) is 45.1 Å². The molecule has 5 nitrogen and oxygen atoms in total. The molecule has 0 aromatic carbocycles. The van der Waals surface area contributed by atoms with Crippen LogP contribution in [0, 0.1) is 24.2 Å². The standard InChI is InChI=1S/C17H20N2O3/c1-12-7-8-14(22-12)9-10-16(20)15(11-18)17(21)19-13-5-3-2-4-6-13/h7-10,13,15H,2-6H2,1H3,(H,19,21)/b10-9+. The maximum atomic E-state index is 12.1. The predicted octanol–water partition coefficient (Wildman–Crippen LogP) is 2.76. The second-order valence-electron chi connectivity index (χ2n) is 5.59. The molecule has 0 radical (unpaired) electrons. The van der Waals surface area contributed by atoms with Gasteiger partial charge in [-0.3, -0.25) is 9.59 Å². The van der Waals surface area contributed by atoms with Gasteiger partial charge in [-0.15, -0.1) is 0 Å². The average molecular weight is 300 g/mol. The average Bonchev–Trinajstić information content (AvgIpc) is 2.92. The lowest BCUT2D eigenvalue weighted by Crippen LogP contribution is -2.41. The number of furan rings is 1. The molecule has 0 bridgehead atoms. The number of hydrogen-bond acceptors (Lipinski definition) is 4. The van der Waals surface area contributed by atoms with Crippen molar-refractivity contribution in [3.05, 3.63) is 29.7 Å². The Morgan fingerprint density at radius 1 is 1.36 bits per heavy atom. The van der Waals surface area contributed by atoms with Crippen molar-refractivity contribution in [2.24, 2.45) is 5.92 Å². The second kappa shape index (κ2) is 7.60. The van der Waals surface area contributed by atoms with Gasteiger partial charge in [0.05, 0.1) is 6.07 Å². The van der Waals surface area contributed by atoms with E-state index in [2.05, 4.69) is 5.32 Å². The van der Waals surface area contributed by atoms with Crippen LogP contribution >= 0.6 is 0 Å². The van der Waals surface area contributed by atoms with Gasteiger partial charge in [-0.2, -0.15) is 5.26 Å². The fraction of sp³-hybridized carbons (Fsp3) is 0.471. The van der Waals surface area contributed by atoms with Crippen LogP contribution in [0.1, 0.15) is 43.6 Å². The number of nitrogens with one attached hydrogen (secondary N) is 1. The van der Waals surface area contributed by atoms with Crippen LogP contribution in [0.2, 0.25) is 0 Å². The van der Waals surface area contributed by atoms with Crippen molar-refractivity contribution in [2.75, 3.05) is 0 Å². The molecule has 116 valence electrons. The highest BCUT2D eigenvalue weighted by molar-refractivity contribution is 6.10. The van der Waals surface area contributed by atoms with Crippen LogP contribution in [0.4, 0.5) is 0 Å². The first kappa shape index (κ1) is 16.0. The molecule has 1 atom stereocenters. The Morgan fingerprint density at radius 2 is 2.09 bits per heavy atom. The number of nitrogens with zero attached hydrogens (tertiary/aromatic N) is 1. The number of ketones is 1. The van der Waals surface area contributed by atoms with Gasteiger partial charge in [0.15, 0.2) is 11.7 Å². The summed E-state index contributed by atoms with van der Waals surface area (Å²) >= 11 is 0. The van der Waals surface area contributed by atoms with E-state index in [1.165, 1.54) is 18.6 Å². The highest BCUT2D eigenvalue weighted by Crippen LogP contribution is 2.18. The van der Waals surface area contributed by atoms with E-state index < -0.39 is 17.6 Å². The van der Waals surface area contributed by atoms with Crippen LogP contribution < -0.4 is 5.32 Å². The van der Waals surface area contributed by atoms with Gasteiger partial charge in [0, 0.05) is 6.04 Å². The van der Waals surface area contributed by atoms with Crippen molar-refractivity contribution in [3.8, 4) is 6.07 Å². The summed E-state index contributed by atoms with van der Waals surface area (Å²) in [6.07, 6.45) is 7.87. The Balaban J connectivity index is 1.94. The van der Waals surface area contributed by atoms with E-state index in [1.54, 1.807) is 25.1 Å². The molecular weight excluding hydrogens is 280 g/mol. The minimum Gasteiger partial charge on any atom is -0.462 e. The highest BCUT2D eigenvalue weighted by Gasteiger charge is 2.27. The summed E-state index contributed by atoms with van der Waals surface area (Å²) in [4.78, 5) is 24.1. The zero-order chi connectivity index (χ0) is 15.9. The predicted molar refractivity (Wildman–Crippen MR) is 81.6 cm³/mol. The van der Waals surface area contributed by atoms with Crippen LogP contribution in [0.25, 0.3) is 6.08 Å². The van der Waals surface area contributed by atoms with Gasteiger partial charge >= 0.3 is 0 Å². The van der Waals surface area contributed by atoms with Crippen LogP contribution in [0.5, 0.6) is 0 Å². The zero-order valence-electron chi connectivity index (χ0n) is 12.7. The maximum Gasteiger partial charge on any atom is 0.245 e. The van der Waals surface area contributed by atoms with Gasteiger partial charge < -0.3 is 9.73 Å². The number of rotatable bonds is 5. The van der Waals surface area contributed by atoms with Crippen molar-refractivity contribution < 1.29 is 14.0 Å². The maximum absolute atomic E-state index is 12.1. The van der Waals surface area contributed by atoms with Crippen LogP contribution in [0.15, 0.2) is 22.6 Å². The molecule has 0 spiro atoms. The molecule has 1 aliphatic carbocycles. The molecule has 5 heteroatoms. The molecule has 0 saturated heterocycles. The van der Waals surface area contributed by atoms with Crippen LogP contribution in [0.3, 0.4) is 0 Å². The van der Waals surface area contributed by atoms with E-state index in [9.17, 15) is 9.59 Å². The molecule has 1 fully saturated rings. The van der Waals surface area contributed by atoms with Crippen molar-refractivity contribution in [1.82, 2.24) is 5.32 Å². The summed E-state index contributed by atoms with van der Waals surface area (Å²) in [6.45, 7) is 1.80. The van der Waals surface area contributed by atoms with Crippen molar-refractivity contribution in [1.29, 1.82) is 5.26 Å². The quantitative estimate of drug-likeness (QED) is 0.669. The van der Waals surface area contributed by atoms with Gasteiger partial charge in [-0.05, 0) is 44.1 Å². The fourth-order valence-corrected chi connectivity index (χ4v) is 2.59. The molecule has 1 heterocycles. The van der Waals surface area contributed by atoms with Gasteiger partial charge in [0.1, 0.15) is 11.5 Å². The third-order valence-electron chi connectivity index (χ3n) is 3.80. The lowest BCUT2D eigenvalue weighted by molar-refractivity contribution is -0.130. The number of carbonyl (C=O) groups is 2. The largest absolute Gasteiger partial charge is 0.462 e. The van der Waals surface area contributed by atoms with E-state index in [4.69, 9.17) is 9.68 Å². The second-order valence-corrected chi connectivity index (χ2v) is 5.59. The minimum atomic E-state index is -1.30.